The monoisotopic (exact) mass is 274 g/mol. The Morgan fingerprint density at radius 1 is 1.44 bits per heavy atom. The van der Waals surface area contributed by atoms with Gasteiger partial charge in [0.1, 0.15) is 0 Å². The summed E-state index contributed by atoms with van der Waals surface area (Å²) in [5, 5.41) is 6.29. The highest BCUT2D eigenvalue weighted by Gasteiger charge is 2.11. The van der Waals surface area contributed by atoms with Crippen LogP contribution in [-0.4, -0.2) is 25.5 Å². The van der Waals surface area contributed by atoms with Gasteiger partial charge in [-0.3, -0.25) is 4.79 Å². The molecule has 1 unspecified atom stereocenters. The molecule has 0 spiro atoms. The molecule has 0 fully saturated rings. The SMILES string of the molecule is CC(C)CC(C)CC(=O)NCC1=CCNCC1.Cl. The predicted octanol–water partition coefficient (Wildman–Crippen LogP) is 2.52. The fraction of sp³-hybridized carbons (Fsp3) is 0.786. The van der Waals surface area contributed by atoms with E-state index in [1.807, 2.05) is 0 Å². The van der Waals surface area contributed by atoms with E-state index in [2.05, 4.69) is 37.5 Å². The predicted molar refractivity (Wildman–Crippen MR) is 79.1 cm³/mol. The molecule has 106 valence electrons. The minimum Gasteiger partial charge on any atom is -0.352 e. The highest BCUT2D eigenvalue weighted by atomic mass is 35.5. The summed E-state index contributed by atoms with van der Waals surface area (Å²) in [4.78, 5) is 11.7. The number of carbonyl (C=O) groups is 1. The molecule has 18 heavy (non-hydrogen) atoms. The van der Waals surface area contributed by atoms with Crippen molar-refractivity contribution < 1.29 is 4.79 Å². The molecule has 0 aliphatic carbocycles. The second kappa shape index (κ2) is 9.40. The molecule has 1 atom stereocenters. The van der Waals surface area contributed by atoms with Gasteiger partial charge in [-0.2, -0.15) is 0 Å². The molecule has 0 aromatic heterocycles. The van der Waals surface area contributed by atoms with Crippen LogP contribution in [0.1, 0.15) is 40.0 Å². The van der Waals surface area contributed by atoms with E-state index in [0.717, 1.165) is 32.5 Å². The lowest BCUT2D eigenvalue weighted by atomic mass is 9.96. The van der Waals surface area contributed by atoms with E-state index in [0.29, 0.717) is 18.3 Å². The van der Waals surface area contributed by atoms with Gasteiger partial charge in [-0.15, -0.1) is 12.4 Å². The van der Waals surface area contributed by atoms with Crippen molar-refractivity contribution in [2.45, 2.75) is 40.0 Å². The second-order valence-electron chi connectivity index (χ2n) is 5.53. The Morgan fingerprint density at radius 3 is 2.72 bits per heavy atom. The van der Waals surface area contributed by atoms with Crippen molar-refractivity contribution in [2.24, 2.45) is 11.8 Å². The Balaban J connectivity index is 0.00000289. The van der Waals surface area contributed by atoms with Gasteiger partial charge < -0.3 is 10.6 Å². The van der Waals surface area contributed by atoms with E-state index < -0.39 is 0 Å². The Kier molecular flexibility index (Phi) is 9.12. The molecule has 1 rings (SSSR count). The summed E-state index contributed by atoms with van der Waals surface area (Å²) in [6.45, 7) is 9.27. The molecule has 3 nitrogen and oxygen atoms in total. The average molecular weight is 275 g/mol. The van der Waals surface area contributed by atoms with E-state index in [9.17, 15) is 4.79 Å². The minimum absolute atomic E-state index is 0. The first-order chi connectivity index (χ1) is 8.08. The van der Waals surface area contributed by atoms with Gasteiger partial charge in [0.15, 0.2) is 0 Å². The van der Waals surface area contributed by atoms with Crippen LogP contribution in [0.25, 0.3) is 0 Å². The topological polar surface area (TPSA) is 41.1 Å². The number of rotatable bonds is 6. The Morgan fingerprint density at radius 2 is 2.17 bits per heavy atom. The Hall–Kier alpha value is -0.540. The molecule has 4 heteroatoms. The third-order valence-corrected chi connectivity index (χ3v) is 3.08. The molecule has 1 amide bonds. The van der Waals surface area contributed by atoms with Crippen LogP contribution in [0, 0.1) is 11.8 Å². The zero-order valence-electron chi connectivity index (χ0n) is 11.8. The number of hydrogen-bond donors (Lipinski definition) is 2. The summed E-state index contributed by atoms with van der Waals surface area (Å²) >= 11 is 0. The highest BCUT2D eigenvalue weighted by molar-refractivity contribution is 5.85. The van der Waals surface area contributed by atoms with Crippen LogP contribution in [-0.2, 0) is 4.79 Å². The van der Waals surface area contributed by atoms with Crippen LogP contribution >= 0.6 is 12.4 Å². The first-order valence-corrected chi connectivity index (χ1v) is 6.73. The maximum atomic E-state index is 11.7. The fourth-order valence-electron chi connectivity index (χ4n) is 2.32. The molecule has 0 saturated carbocycles. The van der Waals surface area contributed by atoms with Crippen LogP contribution in [0.4, 0.5) is 0 Å². The normalized spacial score (nSPS) is 16.8. The Bertz CT molecular complexity index is 277. The molecule has 0 radical (unpaired) electrons. The largest absolute Gasteiger partial charge is 0.352 e. The van der Waals surface area contributed by atoms with E-state index in [-0.39, 0.29) is 18.3 Å². The number of nitrogens with one attached hydrogen (secondary N) is 2. The maximum absolute atomic E-state index is 11.7. The molecule has 0 bridgehead atoms. The summed E-state index contributed by atoms with van der Waals surface area (Å²) in [5.74, 6) is 1.35. The summed E-state index contributed by atoms with van der Waals surface area (Å²) in [5.41, 5.74) is 1.36. The average Bonchev–Trinajstić information content (AvgIpc) is 2.26. The molecule has 1 aliphatic heterocycles. The Labute approximate surface area is 117 Å². The second-order valence-corrected chi connectivity index (χ2v) is 5.53. The van der Waals surface area contributed by atoms with Gasteiger partial charge in [-0.1, -0.05) is 32.4 Å². The molecule has 0 saturated heterocycles. The van der Waals surface area contributed by atoms with Gasteiger partial charge in [0.25, 0.3) is 0 Å². The van der Waals surface area contributed by atoms with Crippen LogP contribution < -0.4 is 10.6 Å². The number of halogens is 1. The van der Waals surface area contributed by atoms with Gasteiger partial charge in [0.05, 0.1) is 0 Å². The molecule has 1 aliphatic rings. The number of carbonyl (C=O) groups excluding carboxylic acids is 1. The molecular weight excluding hydrogens is 248 g/mol. The van der Waals surface area contributed by atoms with Gasteiger partial charge >= 0.3 is 0 Å². The van der Waals surface area contributed by atoms with Crippen molar-refractivity contribution in [3.05, 3.63) is 11.6 Å². The molecule has 0 aromatic rings. The van der Waals surface area contributed by atoms with Gasteiger partial charge in [-0.05, 0) is 31.2 Å². The van der Waals surface area contributed by atoms with Crippen molar-refractivity contribution in [2.75, 3.05) is 19.6 Å². The van der Waals surface area contributed by atoms with Crippen LogP contribution in [0.15, 0.2) is 11.6 Å². The van der Waals surface area contributed by atoms with Crippen LogP contribution in [0.2, 0.25) is 0 Å². The van der Waals surface area contributed by atoms with Crippen LogP contribution in [0.3, 0.4) is 0 Å². The van der Waals surface area contributed by atoms with E-state index in [4.69, 9.17) is 0 Å². The van der Waals surface area contributed by atoms with Gasteiger partial charge in [0, 0.05) is 19.5 Å². The standard InChI is InChI=1S/C14H26N2O.ClH/c1-11(2)8-12(3)9-14(17)16-10-13-4-6-15-7-5-13;/h4,11-12,15H,5-10H2,1-3H3,(H,16,17);1H. The van der Waals surface area contributed by atoms with Crippen LogP contribution in [0.5, 0.6) is 0 Å². The number of amides is 1. The van der Waals surface area contributed by atoms with Crippen molar-refractivity contribution in [3.63, 3.8) is 0 Å². The lowest BCUT2D eigenvalue weighted by Gasteiger charge is -2.16. The highest BCUT2D eigenvalue weighted by Crippen LogP contribution is 2.14. The molecule has 1 heterocycles. The van der Waals surface area contributed by atoms with E-state index >= 15 is 0 Å². The van der Waals surface area contributed by atoms with Gasteiger partial charge in [0.2, 0.25) is 5.91 Å². The fourth-order valence-corrected chi connectivity index (χ4v) is 2.32. The zero-order chi connectivity index (χ0) is 12.7. The first-order valence-electron chi connectivity index (χ1n) is 6.73. The molecule has 0 aromatic carbocycles. The summed E-state index contributed by atoms with van der Waals surface area (Å²) in [7, 11) is 0. The first kappa shape index (κ1) is 17.5. The van der Waals surface area contributed by atoms with E-state index in [1.54, 1.807) is 0 Å². The molecule has 2 N–H and O–H groups in total. The summed E-state index contributed by atoms with van der Waals surface area (Å²) in [6.07, 6.45) is 5.02. The summed E-state index contributed by atoms with van der Waals surface area (Å²) < 4.78 is 0. The summed E-state index contributed by atoms with van der Waals surface area (Å²) in [6, 6.07) is 0. The minimum atomic E-state index is 0. The number of hydrogen-bond acceptors (Lipinski definition) is 2. The molecular formula is C14H27ClN2O. The third kappa shape index (κ3) is 7.72. The van der Waals surface area contributed by atoms with E-state index in [1.165, 1.54) is 5.57 Å². The van der Waals surface area contributed by atoms with Gasteiger partial charge in [-0.25, -0.2) is 0 Å². The maximum Gasteiger partial charge on any atom is 0.220 e. The lowest BCUT2D eigenvalue weighted by Crippen LogP contribution is -2.30. The lowest BCUT2D eigenvalue weighted by molar-refractivity contribution is -0.121. The van der Waals surface area contributed by atoms with Crippen molar-refractivity contribution >= 4 is 18.3 Å². The smallest absolute Gasteiger partial charge is 0.220 e. The third-order valence-electron chi connectivity index (χ3n) is 3.08. The van der Waals surface area contributed by atoms with Crippen molar-refractivity contribution in [1.29, 1.82) is 0 Å². The van der Waals surface area contributed by atoms with Crippen molar-refractivity contribution in [3.8, 4) is 0 Å². The zero-order valence-corrected chi connectivity index (χ0v) is 12.6. The quantitative estimate of drug-likeness (QED) is 0.731. The van der Waals surface area contributed by atoms with Crippen molar-refractivity contribution in [1.82, 2.24) is 10.6 Å².